The van der Waals surface area contributed by atoms with Crippen LogP contribution in [0, 0.1) is 5.82 Å². The third kappa shape index (κ3) is 6.60. The number of amides is 2. The fourth-order valence-electron chi connectivity index (χ4n) is 5.75. The van der Waals surface area contributed by atoms with Gasteiger partial charge in [-0.2, -0.15) is 0 Å². The lowest BCUT2D eigenvalue weighted by Crippen LogP contribution is -2.48. The van der Waals surface area contributed by atoms with E-state index in [4.69, 9.17) is 4.74 Å². The topological polar surface area (TPSA) is 70.2 Å². The van der Waals surface area contributed by atoms with Gasteiger partial charge in [-0.3, -0.25) is 14.5 Å². The van der Waals surface area contributed by atoms with Crippen molar-refractivity contribution in [1.29, 1.82) is 0 Å². The Hall–Kier alpha value is -4.30. The molecule has 0 saturated carbocycles. The summed E-state index contributed by atoms with van der Waals surface area (Å²) in [6, 6.07) is 23.6. The van der Waals surface area contributed by atoms with E-state index in [2.05, 4.69) is 17.0 Å². The average molecular weight is 570 g/mol. The van der Waals surface area contributed by atoms with Crippen molar-refractivity contribution in [2.45, 2.75) is 39.3 Å². The Morgan fingerprint density at radius 2 is 1.57 bits per heavy atom. The van der Waals surface area contributed by atoms with Gasteiger partial charge in [0.1, 0.15) is 5.82 Å². The first-order chi connectivity index (χ1) is 20.3. The molecular formula is C34H36FN3O4. The van der Waals surface area contributed by atoms with E-state index in [1.807, 2.05) is 35.2 Å². The van der Waals surface area contributed by atoms with Gasteiger partial charge in [0.25, 0.3) is 5.91 Å². The van der Waals surface area contributed by atoms with Gasteiger partial charge in [0.05, 0.1) is 18.7 Å². The number of allylic oxidation sites excluding steroid dienone is 1. The van der Waals surface area contributed by atoms with Crippen LogP contribution in [0.2, 0.25) is 0 Å². The molecule has 2 amide bonds. The van der Waals surface area contributed by atoms with Gasteiger partial charge in [-0.25, -0.2) is 9.18 Å². The highest BCUT2D eigenvalue weighted by atomic mass is 19.1. The standard InChI is InChI=1S/C34H36FN3O4/c1-3-42-34(41)32-24(2)38(31(39)21-30(32)28-10-7-11-29(35)20-28)23-26-12-14-27(15-13-26)33(40)37-18-16-36(17-19-37)22-25-8-5-4-6-9-25/h4-15,20,30H,3,16-19,21-23H2,1-2H3. The first-order valence-electron chi connectivity index (χ1n) is 14.4. The molecule has 2 heterocycles. The van der Waals surface area contributed by atoms with Gasteiger partial charge in [-0.05, 0) is 54.8 Å². The van der Waals surface area contributed by atoms with Gasteiger partial charge in [0.2, 0.25) is 5.91 Å². The molecule has 7 nitrogen and oxygen atoms in total. The summed E-state index contributed by atoms with van der Waals surface area (Å²) in [7, 11) is 0. The van der Waals surface area contributed by atoms with Crippen molar-refractivity contribution >= 4 is 17.8 Å². The number of carbonyl (C=O) groups excluding carboxylic acids is 3. The maximum atomic E-state index is 14.0. The van der Waals surface area contributed by atoms with Crippen LogP contribution in [0.3, 0.4) is 0 Å². The maximum absolute atomic E-state index is 14.0. The minimum absolute atomic E-state index is 0.00595. The number of halogens is 1. The number of piperazine rings is 1. The summed E-state index contributed by atoms with van der Waals surface area (Å²) < 4.78 is 19.3. The number of rotatable bonds is 8. The van der Waals surface area contributed by atoms with Crippen LogP contribution in [0.5, 0.6) is 0 Å². The highest BCUT2D eigenvalue weighted by Crippen LogP contribution is 2.38. The molecule has 1 unspecified atom stereocenters. The van der Waals surface area contributed by atoms with Gasteiger partial charge in [0.15, 0.2) is 0 Å². The molecule has 42 heavy (non-hydrogen) atoms. The predicted octanol–water partition coefficient (Wildman–Crippen LogP) is 5.14. The van der Waals surface area contributed by atoms with E-state index in [0.717, 1.165) is 25.2 Å². The molecule has 0 spiro atoms. The van der Waals surface area contributed by atoms with Crippen molar-refractivity contribution < 1.29 is 23.5 Å². The van der Waals surface area contributed by atoms with E-state index in [0.29, 0.717) is 35.5 Å². The smallest absolute Gasteiger partial charge is 0.336 e. The third-order valence-electron chi connectivity index (χ3n) is 8.02. The van der Waals surface area contributed by atoms with Crippen LogP contribution >= 0.6 is 0 Å². The number of hydrogen-bond acceptors (Lipinski definition) is 5. The molecule has 1 fully saturated rings. The quantitative estimate of drug-likeness (QED) is 0.352. The van der Waals surface area contributed by atoms with Crippen molar-refractivity contribution in [3.8, 4) is 0 Å². The molecule has 0 aliphatic carbocycles. The van der Waals surface area contributed by atoms with Crippen molar-refractivity contribution in [2.24, 2.45) is 0 Å². The van der Waals surface area contributed by atoms with Crippen LogP contribution in [0.4, 0.5) is 4.39 Å². The molecule has 8 heteroatoms. The molecule has 2 aliphatic rings. The summed E-state index contributed by atoms with van der Waals surface area (Å²) in [5.41, 5.74) is 4.12. The SMILES string of the molecule is CCOC(=O)C1=C(C)N(Cc2ccc(C(=O)N3CCN(Cc4ccccc4)CC3)cc2)C(=O)CC1c1cccc(F)c1. The Bertz CT molecular complexity index is 1460. The lowest BCUT2D eigenvalue weighted by molar-refractivity contribution is -0.140. The zero-order chi connectivity index (χ0) is 29.6. The molecule has 1 atom stereocenters. The molecule has 218 valence electrons. The Kier molecular flexibility index (Phi) is 9.12. The second-order valence-electron chi connectivity index (χ2n) is 10.8. The number of esters is 1. The second kappa shape index (κ2) is 13.1. The Morgan fingerprint density at radius 3 is 2.24 bits per heavy atom. The van der Waals surface area contributed by atoms with E-state index in [1.165, 1.54) is 17.7 Å². The van der Waals surface area contributed by atoms with Crippen LogP contribution in [-0.2, 0) is 27.4 Å². The molecular weight excluding hydrogens is 533 g/mol. The molecule has 2 aliphatic heterocycles. The van der Waals surface area contributed by atoms with Crippen LogP contribution in [0.25, 0.3) is 0 Å². The minimum atomic E-state index is -0.586. The summed E-state index contributed by atoms with van der Waals surface area (Å²) in [5.74, 6) is -1.69. The number of hydrogen-bond donors (Lipinski definition) is 0. The Morgan fingerprint density at radius 1 is 0.881 bits per heavy atom. The summed E-state index contributed by atoms with van der Waals surface area (Å²) in [6.07, 6.45) is 0.0295. The number of carbonyl (C=O) groups is 3. The van der Waals surface area contributed by atoms with Gasteiger partial charge >= 0.3 is 5.97 Å². The zero-order valence-corrected chi connectivity index (χ0v) is 24.1. The van der Waals surface area contributed by atoms with Crippen LogP contribution in [0.1, 0.15) is 53.2 Å². The first kappa shape index (κ1) is 29.2. The van der Waals surface area contributed by atoms with E-state index < -0.39 is 17.7 Å². The molecule has 0 N–H and O–H groups in total. The average Bonchev–Trinajstić information content (AvgIpc) is 3.00. The van der Waals surface area contributed by atoms with E-state index in [1.54, 1.807) is 43.0 Å². The highest BCUT2D eigenvalue weighted by molar-refractivity contribution is 5.96. The first-order valence-corrected chi connectivity index (χ1v) is 14.4. The number of ether oxygens (including phenoxy) is 1. The molecule has 3 aromatic carbocycles. The monoisotopic (exact) mass is 569 g/mol. The van der Waals surface area contributed by atoms with E-state index in [9.17, 15) is 18.8 Å². The predicted molar refractivity (Wildman–Crippen MR) is 158 cm³/mol. The Labute approximate surface area is 246 Å². The largest absolute Gasteiger partial charge is 0.463 e. The zero-order valence-electron chi connectivity index (χ0n) is 24.1. The van der Waals surface area contributed by atoms with Crippen molar-refractivity contribution in [3.63, 3.8) is 0 Å². The Balaban J connectivity index is 1.26. The molecule has 5 rings (SSSR count). The summed E-state index contributed by atoms with van der Waals surface area (Å²) >= 11 is 0. The fraction of sp³-hybridized carbons (Fsp3) is 0.324. The van der Waals surface area contributed by atoms with Crippen LogP contribution < -0.4 is 0 Å². The molecule has 0 bridgehead atoms. The normalized spacial score (nSPS) is 17.9. The van der Waals surface area contributed by atoms with Crippen molar-refractivity contribution in [3.05, 3.63) is 118 Å². The van der Waals surface area contributed by atoms with Crippen molar-refractivity contribution in [1.82, 2.24) is 14.7 Å². The van der Waals surface area contributed by atoms with E-state index in [-0.39, 0.29) is 31.4 Å². The molecule has 0 radical (unpaired) electrons. The van der Waals surface area contributed by atoms with Crippen LogP contribution in [-0.4, -0.2) is 65.3 Å². The molecule has 0 aromatic heterocycles. The third-order valence-corrected chi connectivity index (χ3v) is 8.02. The van der Waals surface area contributed by atoms with Crippen LogP contribution in [0.15, 0.2) is 90.1 Å². The number of benzene rings is 3. The second-order valence-corrected chi connectivity index (χ2v) is 10.8. The highest BCUT2D eigenvalue weighted by Gasteiger charge is 2.37. The lowest BCUT2D eigenvalue weighted by atomic mass is 9.83. The van der Waals surface area contributed by atoms with Gasteiger partial charge < -0.3 is 14.5 Å². The lowest BCUT2D eigenvalue weighted by Gasteiger charge is -2.35. The minimum Gasteiger partial charge on any atom is -0.463 e. The molecule has 3 aromatic rings. The maximum Gasteiger partial charge on any atom is 0.336 e. The summed E-state index contributed by atoms with van der Waals surface area (Å²) in [4.78, 5) is 45.3. The van der Waals surface area contributed by atoms with Gasteiger partial charge in [-0.15, -0.1) is 0 Å². The van der Waals surface area contributed by atoms with Gasteiger partial charge in [0, 0.05) is 56.3 Å². The molecule has 1 saturated heterocycles. The summed E-state index contributed by atoms with van der Waals surface area (Å²) in [6.45, 7) is 7.75. The number of nitrogens with zero attached hydrogens (tertiary/aromatic N) is 3. The van der Waals surface area contributed by atoms with Gasteiger partial charge in [-0.1, -0.05) is 54.6 Å². The summed E-state index contributed by atoms with van der Waals surface area (Å²) in [5, 5.41) is 0. The van der Waals surface area contributed by atoms with Crippen molar-refractivity contribution in [2.75, 3.05) is 32.8 Å². The van der Waals surface area contributed by atoms with E-state index >= 15 is 0 Å². The fourth-order valence-corrected chi connectivity index (χ4v) is 5.75.